The summed E-state index contributed by atoms with van der Waals surface area (Å²) in [6.07, 6.45) is -0.122. The van der Waals surface area contributed by atoms with E-state index in [0.29, 0.717) is 13.2 Å². The Kier molecular flexibility index (Phi) is 5.97. The zero-order chi connectivity index (χ0) is 10.4. The molecule has 1 saturated heterocycles. The van der Waals surface area contributed by atoms with Crippen LogP contribution in [0.25, 0.3) is 0 Å². The minimum absolute atomic E-state index is 0.122. The fraction of sp³-hybridized carbons (Fsp3) is 1.00. The highest BCUT2D eigenvalue weighted by atomic mass is 127. The number of ether oxygens (including phenoxy) is 2. The van der Waals surface area contributed by atoms with Crippen LogP contribution in [-0.2, 0) is 13.7 Å². The topological polar surface area (TPSA) is 68.2 Å². The van der Waals surface area contributed by atoms with Crippen molar-refractivity contribution in [1.82, 2.24) is 0 Å². The molecule has 1 aliphatic rings. The molecule has 1 heterocycles. The molecule has 0 aliphatic carbocycles. The lowest BCUT2D eigenvalue weighted by molar-refractivity contribution is -0.221. The summed E-state index contributed by atoms with van der Waals surface area (Å²) in [5, 5.41) is 18.0. The summed E-state index contributed by atoms with van der Waals surface area (Å²) in [4.78, 5) is 0. The summed E-state index contributed by atoms with van der Waals surface area (Å²) in [7, 11) is 1.24. The van der Waals surface area contributed by atoms with Crippen molar-refractivity contribution in [2.45, 2.75) is 11.7 Å². The van der Waals surface area contributed by atoms with Gasteiger partial charge in [-0.15, -0.1) is 0 Å². The Morgan fingerprint density at radius 2 is 2.21 bits per heavy atom. The zero-order valence-corrected chi connectivity index (χ0v) is 10.5. The van der Waals surface area contributed by atoms with Crippen molar-refractivity contribution in [1.29, 1.82) is 0 Å². The van der Waals surface area contributed by atoms with Gasteiger partial charge in [0.1, 0.15) is 11.7 Å². The minimum atomic E-state index is -0.937. The maximum Gasteiger partial charge on any atom is 0.137 e. The SMILES string of the molecule is OCC1(CO)COC(COSI)CO1. The van der Waals surface area contributed by atoms with E-state index in [0.717, 1.165) is 0 Å². The van der Waals surface area contributed by atoms with Gasteiger partial charge in [0.05, 0.1) is 42.2 Å². The first-order valence-electron chi connectivity index (χ1n) is 4.14. The minimum Gasteiger partial charge on any atom is -0.393 e. The van der Waals surface area contributed by atoms with Crippen molar-refractivity contribution >= 4 is 30.4 Å². The van der Waals surface area contributed by atoms with Crippen molar-refractivity contribution in [3.8, 4) is 0 Å². The van der Waals surface area contributed by atoms with Crippen LogP contribution in [0.1, 0.15) is 0 Å². The van der Waals surface area contributed by atoms with E-state index in [4.69, 9.17) is 23.9 Å². The standard InChI is InChI=1S/C7H13IO5S/c8-14-13-2-6-1-12-7(3-9,4-10)5-11-6/h6,9-10H,1-5H2. The lowest BCUT2D eigenvalue weighted by Crippen LogP contribution is -2.52. The largest absolute Gasteiger partial charge is 0.393 e. The zero-order valence-electron chi connectivity index (χ0n) is 7.52. The third-order valence-corrected chi connectivity index (χ3v) is 3.02. The van der Waals surface area contributed by atoms with Gasteiger partial charge in [-0.25, -0.2) is 0 Å². The van der Waals surface area contributed by atoms with E-state index in [9.17, 15) is 0 Å². The maximum absolute atomic E-state index is 9.00. The Morgan fingerprint density at radius 3 is 2.64 bits per heavy atom. The first-order chi connectivity index (χ1) is 6.76. The summed E-state index contributed by atoms with van der Waals surface area (Å²) in [5.41, 5.74) is -0.937. The number of hydrogen-bond donors (Lipinski definition) is 2. The quantitative estimate of drug-likeness (QED) is 0.550. The van der Waals surface area contributed by atoms with Crippen LogP contribution in [0.3, 0.4) is 0 Å². The number of aliphatic hydroxyl groups excluding tert-OH is 2. The number of hydrogen-bond acceptors (Lipinski definition) is 6. The second-order valence-corrected chi connectivity index (χ2v) is 4.53. The number of halogens is 1. The summed E-state index contributed by atoms with van der Waals surface area (Å²) < 4.78 is 15.8. The summed E-state index contributed by atoms with van der Waals surface area (Å²) in [5.74, 6) is 0. The molecule has 5 nitrogen and oxygen atoms in total. The van der Waals surface area contributed by atoms with E-state index in [2.05, 4.69) is 0 Å². The molecule has 1 unspecified atom stereocenters. The Morgan fingerprint density at radius 1 is 1.50 bits per heavy atom. The summed E-state index contributed by atoms with van der Waals surface area (Å²) >= 11 is 2.02. The van der Waals surface area contributed by atoms with Crippen LogP contribution in [0.2, 0.25) is 0 Å². The molecule has 0 spiro atoms. The van der Waals surface area contributed by atoms with Crippen molar-refractivity contribution in [2.24, 2.45) is 0 Å². The Labute approximate surface area is 98.9 Å². The van der Waals surface area contributed by atoms with Crippen LogP contribution in [0, 0.1) is 0 Å². The van der Waals surface area contributed by atoms with Crippen LogP contribution in [0.15, 0.2) is 0 Å². The highest BCUT2D eigenvalue weighted by Gasteiger charge is 2.36. The lowest BCUT2D eigenvalue weighted by atomic mass is 10.1. The van der Waals surface area contributed by atoms with Crippen LogP contribution in [-0.4, -0.2) is 55.0 Å². The van der Waals surface area contributed by atoms with Gasteiger partial charge in [0.25, 0.3) is 0 Å². The van der Waals surface area contributed by atoms with Crippen LogP contribution >= 0.6 is 30.4 Å². The van der Waals surface area contributed by atoms with E-state index in [1.165, 1.54) is 9.21 Å². The third-order valence-electron chi connectivity index (χ3n) is 2.03. The fourth-order valence-electron chi connectivity index (χ4n) is 1.06. The van der Waals surface area contributed by atoms with Gasteiger partial charge in [-0.3, -0.25) is 0 Å². The highest BCUT2D eigenvalue weighted by molar-refractivity contribution is 14.2. The van der Waals surface area contributed by atoms with Gasteiger partial charge < -0.3 is 23.9 Å². The van der Waals surface area contributed by atoms with Gasteiger partial charge in [-0.1, -0.05) is 0 Å². The van der Waals surface area contributed by atoms with Gasteiger partial charge in [0.15, 0.2) is 0 Å². The van der Waals surface area contributed by atoms with Crippen molar-refractivity contribution < 1.29 is 23.9 Å². The van der Waals surface area contributed by atoms with Crippen molar-refractivity contribution in [2.75, 3.05) is 33.0 Å². The predicted molar refractivity (Wildman–Crippen MR) is 60.2 cm³/mol. The predicted octanol–water partition coefficient (Wildman–Crippen LogP) is 0.140. The van der Waals surface area contributed by atoms with Crippen LogP contribution in [0.5, 0.6) is 0 Å². The average molecular weight is 336 g/mol. The molecule has 0 amide bonds. The summed E-state index contributed by atoms with van der Waals surface area (Å²) in [6, 6.07) is 0. The van der Waals surface area contributed by atoms with E-state index in [1.807, 2.05) is 21.2 Å². The molecule has 2 N–H and O–H groups in total. The second kappa shape index (κ2) is 6.46. The normalized spacial score (nSPS) is 26.4. The lowest BCUT2D eigenvalue weighted by Gasteiger charge is -2.37. The molecule has 0 saturated carbocycles. The Balaban J connectivity index is 2.29. The van der Waals surface area contributed by atoms with Gasteiger partial charge in [0, 0.05) is 21.2 Å². The third kappa shape index (κ3) is 3.47. The number of aliphatic hydroxyl groups is 2. The van der Waals surface area contributed by atoms with E-state index >= 15 is 0 Å². The molecule has 7 heteroatoms. The highest BCUT2D eigenvalue weighted by Crippen LogP contribution is 2.20. The van der Waals surface area contributed by atoms with E-state index in [-0.39, 0.29) is 25.9 Å². The second-order valence-electron chi connectivity index (χ2n) is 3.09. The molecule has 0 aromatic heterocycles. The molecule has 0 bridgehead atoms. The molecule has 0 aromatic rings. The monoisotopic (exact) mass is 336 g/mol. The molecular weight excluding hydrogens is 323 g/mol. The van der Waals surface area contributed by atoms with Crippen LogP contribution in [0.4, 0.5) is 0 Å². The van der Waals surface area contributed by atoms with Crippen molar-refractivity contribution in [3.63, 3.8) is 0 Å². The molecule has 1 rings (SSSR count). The summed E-state index contributed by atoms with van der Waals surface area (Å²) in [6.45, 7) is 0.495. The maximum atomic E-state index is 9.00. The van der Waals surface area contributed by atoms with Gasteiger partial charge in [-0.05, 0) is 0 Å². The van der Waals surface area contributed by atoms with Crippen LogP contribution < -0.4 is 0 Å². The molecule has 1 fully saturated rings. The molecule has 84 valence electrons. The molecular formula is C7H13IO5S. The Hall–Kier alpha value is 0.880. The van der Waals surface area contributed by atoms with E-state index in [1.54, 1.807) is 0 Å². The first-order valence-corrected chi connectivity index (χ1v) is 7.42. The van der Waals surface area contributed by atoms with Crippen molar-refractivity contribution in [3.05, 3.63) is 0 Å². The molecule has 0 aromatic carbocycles. The smallest absolute Gasteiger partial charge is 0.137 e. The number of rotatable bonds is 5. The Bertz CT molecular complexity index is 156. The molecule has 0 radical (unpaired) electrons. The molecule has 14 heavy (non-hydrogen) atoms. The first kappa shape index (κ1) is 12.9. The fourth-order valence-corrected chi connectivity index (χ4v) is 1.70. The molecule has 1 aliphatic heterocycles. The molecule has 1 atom stereocenters. The van der Waals surface area contributed by atoms with Gasteiger partial charge in [-0.2, -0.15) is 0 Å². The van der Waals surface area contributed by atoms with Gasteiger partial charge in [0.2, 0.25) is 0 Å². The average Bonchev–Trinajstić information content (AvgIpc) is 2.27. The van der Waals surface area contributed by atoms with Gasteiger partial charge >= 0.3 is 0 Å². The van der Waals surface area contributed by atoms with E-state index < -0.39 is 5.60 Å².